The van der Waals surface area contributed by atoms with E-state index < -0.39 is 0 Å². The fourth-order valence-corrected chi connectivity index (χ4v) is 2.51. The summed E-state index contributed by atoms with van der Waals surface area (Å²) in [7, 11) is -0.529. The number of ether oxygens (including phenoxy) is 1. The Hall–Kier alpha value is 0.314. The van der Waals surface area contributed by atoms with Crippen LogP contribution in [0.3, 0.4) is 0 Å². The van der Waals surface area contributed by atoms with Crippen LogP contribution in [0.5, 0.6) is 0 Å². The molecule has 1 heterocycles. The first-order chi connectivity index (χ1) is 5.83. The van der Waals surface area contributed by atoms with Gasteiger partial charge in [0.25, 0.3) is 0 Å². The lowest BCUT2D eigenvalue weighted by molar-refractivity contribution is -0.148. The second kappa shape index (κ2) is 5.13. The van der Waals surface area contributed by atoms with Gasteiger partial charge in [-0.2, -0.15) is 0 Å². The van der Waals surface area contributed by atoms with Gasteiger partial charge in [0, 0.05) is 13.2 Å². The number of hydrogen-bond donors (Lipinski definition) is 0. The Bertz CT molecular complexity index is 118. The quantitative estimate of drug-likeness (QED) is 0.538. The third kappa shape index (κ3) is 2.67. The Balaban J connectivity index is 2.19. The molecule has 0 aliphatic carbocycles. The van der Waals surface area contributed by atoms with Crippen LogP contribution in [0.15, 0.2) is 0 Å². The van der Waals surface area contributed by atoms with Crippen molar-refractivity contribution in [3.63, 3.8) is 0 Å². The summed E-state index contributed by atoms with van der Waals surface area (Å²) < 4.78 is 16.3. The summed E-state index contributed by atoms with van der Waals surface area (Å²) in [5, 5.41) is 0. The first-order valence-corrected chi connectivity index (χ1v) is 8.54. The Morgan fingerprint density at radius 1 is 1.17 bits per heavy atom. The minimum absolute atomic E-state index is 0.228. The molecule has 5 heteroatoms. The van der Waals surface area contributed by atoms with E-state index in [4.69, 9.17) is 13.6 Å². The Labute approximate surface area is 78.7 Å². The summed E-state index contributed by atoms with van der Waals surface area (Å²) >= 11 is 0. The molecule has 0 radical (unpaired) electrons. The Morgan fingerprint density at radius 2 is 1.67 bits per heavy atom. The molecule has 0 unspecified atom stereocenters. The number of hydrogen-bond acceptors (Lipinski definition) is 3. The second-order valence-corrected chi connectivity index (χ2v) is 5.24. The second-order valence-electron chi connectivity index (χ2n) is 3.27. The summed E-state index contributed by atoms with van der Waals surface area (Å²) in [6, 6.07) is 0. The van der Waals surface area contributed by atoms with Crippen LogP contribution in [0.1, 0.15) is 0 Å². The minimum Gasteiger partial charge on any atom is -0.423 e. The lowest BCUT2D eigenvalue weighted by atomic mass is 9.88. The Morgan fingerprint density at radius 3 is 1.92 bits per heavy atom. The van der Waals surface area contributed by atoms with Gasteiger partial charge in [0.2, 0.25) is 0 Å². The van der Waals surface area contributed by atoms with E-state index in [9.17, 15) is 0 Å². The molecule has 1 fully saturated rings. The van der Waals surface area contributed by atoms with Gasteiger partial charge in [0.1, 0.15) is 0 Å². The summed E-state index contributed by atoms with van der Waals surface area (Å²) in [4.78, 5) is 0. The molecular weight excluding hydrogens is 188 g/mol. The van der Waals surface area contributed by atoms with Gasteiger partial charge >= 0.3 is 0 Å². The van der Waals surface area contributed by atoms with Crippen LogP contribution in [0.25, 0.3) is 0 Å². The lowest BCUT2D eigenvalue weighted by Gasteiger charge is -2.41. The van der Waals surface area contributed by atoms with Crippen LogP contribution >= 0.6 is 0 Å². The van der Waals surface area contributed by atoms with E-state index in [-0.39, 0.29) is 24.9 Å². The highest BCUT2D eigenvalue weighted by Crippen LogP contribution is 2.27. The maximum atomic E-state index is 5.53. The summed E-state index contributed by atoms with van der Waals surface area (Å²) in [5.74, 6) is 0. The van der Waals surface area contributed by atoms with Crippen molar-refractivity contribution >= 4 is 19.5 Å². The molecule has 72 valence electrons. The van der Waals surface area contributed by atoms with Crippen LogP contribution in [0.2, 0.25) is 13.1 Å². The molecule has 1 rings (SSSR count). The first kappa shape index (κ1) is 10.4. The SMILES string of the molecule is C[SiH2]OCC1(CO[SiH2]C)COC1. The maximum Gasteiger partial charge on any atom is 0.158 e. The van der Waals surface area contributed by atoms with E-state index in [1.165, 1.54) is 0 Å². The van der Waals surface area contributed by atoms with Crippen molar-refractivity contribution in [2.24, 2.45) is 5.41 Å². The van der Waals surface area contributed by atoms with Crippen molar-refractivity contribution in [3.8, 4) is 0 Å². The van der Waals surface area contributed by atoms with Gasteiger partial charge < -0.3 is 13.6 Å². The lowest BCUT2D eigenvalue weighted by Crippen LogP contribution is -2.50. The zero-order valence-electron chi connectivity index (χ0n) is 7.97. The predicted octanol–water partition coefficient (Wildman–Crippen LogP) is -0.700. The average molecular weight is 206 g/mol. The van der Waals surface area contributed by atoms with Gasteiger partial charge in [0.15, 0.2) is 19.5 Å². The van der Waals surface area contributed by atoms with Crippen molar-refractivity contribution in [2.75, 3.05) is 26.4 Å². The molecule has 0 spiro atoms. The normalized spacial score (nSPS) is 22.5. The third-order valence-corrected chi connectivity index (χ3v) is 3.27. The van der Waals surface area contributed by atoms with Crippen molar-refractivity contribution in [2.45, 2.75) is 13.1 Å². The molecule has 0 saturated carbocycles. The molecule has 0 bridgehead atoms. The molecule has 0 atom stereocenters. The molecule has 0 aromatic rings. The van der Waals surface area contributed by atoms with E-state index in [1.807, 2.05) is 0 Å². The van der Waals surface area contributed by atoms with E-state index in [0.29, 0.717) is 0 Å². The van der Waals surface area contributed by atoms with E-state index in [0.717, 1.165) is 26.4 Å². The van der Waals surface area contributed by atoms with Crippen molar-refractivity contribution in [1.82, 2.24) is 0 Å². The topological polar surface area (TPSA) is 27.7 Å². The molecule has 0 aromatic carbocycles. The molecule has 3 nitrogen and oxygen atoms in total. The summed E-state index contributed by atoms with van der Waals surface area (Å²) in [5.41, 5.74) is 0.228. The summed E-state index contributed by atoms with van der Waals surface area (Å²) in [6.45, 7) is 7.67. The van der Waals surface area contributed by atoms with Gasteiger partial charge in [0.05, 0.1) is 18.6 Å². The Kier molecular flexibility index (Phi) is 4.45. The molecule has 0 amide bonds. The maximum absolute atomic E-state index is 5.53. The number of rotatable bonds is 6. The molecule has 1 aliphatic rings. The molecule has 1 aliphatic heterocycles. The van der Waals surface area contributed by atoms with Crippen molar-refractivity contribution in [1.29, 1.82) is 0 Å². The zero-order valence-corrected chi connectivity index (χ0v) is 10.8. The van der Waals surface area contributed by atoms with E-state index in [2.05, 4.69) is 13.1 Å². The zero-order chi connectivity index (χ0) is 8.86. The largest absolute Gasteiger partial charge is 0.423 e. The third-order valence-electron chi connectivity index (χ3n) is 2.04. The van der Waals surface area contributed by atoms with Crippen LogP contribution < -0.4 is 0 Å². The molecular formula is C7H18O3Si2. The molecule has 0 aromatic heterocycles. The fraction of sp³-hybridized carbons (Fsp3) is 1.00. The van der Waals surface area contributed by atoms with Crippen LogP contribution in [-0.2, 0) is 13.6 Å². The van der Waals surface area contributed by atoms with Gasteiger partial charge in [-0.3, -0.25) is 0 Å². The highest BCUT2D eigenvalue weighted by molar-refractivity contribution is 6.25. The highest BCUT2D eigenvalue weighted by atomic mass is 28.2. The minimum atomic E-state index is -0.264. The summed E-state index contributed by atoms with van der Waals surface area (Å²) in [6.07, 6.45) is 0. The first-order valence-electron chi connectivity index (χ1n) is 4.56. The van der Waals surface area contributed by atoms with E-state index in [1.54, 1.807) is 0 Å². The van der Waals surface area contributed by atoms with Crippen molar-refractivity contribution < 1.29 is 13.6 Å². The smallest absolute Gasteiger partial charge is 0.158 e. The van der Waals surface area contributed by atoms with Crippen LogP contribution in [0, 0.1) is 5.41 Å². The molecule has 12 heavy (non-hydrogen) atoms. The van der Waals surface area contributed by atoms with Crippen LogP contribution in [0.4, 0.5) is 0 Å². The van der Waals surface area contributed by atoms with Gasteiger partial charge in [-0.15, -0.1) is 0 Å². The van der Waals surface area contributed by atoms with E-state index >= 15 is 0 Å². The highest BCUT2D eigenvalue weighted by Gasteiger charge is 2.38. The monoisotopic (exact) mass is 206 g/mol. The average Bonchev–Trinajstić information content (AvgIpc) is 2.02. The molecule has 1 saturated heterocycles. The van der Waals surface area contributed by atoms with Crippen LogP contribution in [-0.4, -0.2) is 46.0 Å². The van der Waals surface area contributed by atoms with Gasteiger partial charge in [-0.05, 0) is 0 Å². The molecule has 0 N–H and O–H groups in total. The van der Waals surface area contributed by atoms with Crippen molar-refractivity contribution in [3.05, 3.63) is 0 Å². The fourth-order valence-electron chi connectivity index (χ4n) is 1.24. The van der Waals surface area contributed by atoms with Gasteiger partial charge in [-0.25, -0.2) is 0 Å². The predicted molar refractivity (Wildman–Crippen MR) is 54.0 cm³/mol. The standard InChI is InChI=1S/C7H18O3Si2/c1-11-9-5-7(3-8-4-7)6-10-12-2/h3-6,11-12H2,1-2H3. The van der Waals surface area contributed by atoms with Gasteiger partial charge in [-0.1, -0.05) is 13.1 Å².